The molecule has 1 saturated heterocycles. The molecule has 2 rings (SSSR count). The average molecular weight is 277 g/mol. The average Bonchev–Trinajstić information content (AvgIpc) is 2.79. The van der Waals surface area contributed by atoms with Crippen LogP contribution in [0.3, 0.4) is 0 Å². The van der Waals surface area contributed by atoms with Gasteiger partial charge in [-0.2, -0.15) is 0 Å². The van der Waals surface area contributed by atoms with Crippen molar-refractivity contribution in [3.63, 3.8) is 0 Å². The lowest BCUT2D eigenvalue weighted by Gasteiger charge is -2.15. The fraction of sp³-hybridized carbons (Fsp3) is 0.462. The lowest BCUT2D eigenvalue weighted by atomic mass is 10.1. The highest BCUT2D eigenvalue weighted by atomic mass is 16.5. The number of aromatic nitrogens is 2. The number of esters is 1. The first-order valence-corrected chi connectivity index (χ1v) is 6.16. The number of anilines is 1. The Bertz CT molecular complexity index is 585. The van der Waals surface area contributed by atoms with Gasteiger partial charge in [-0.05, 0) is 13.8 Å². The largest absolute Gasteiger partial charge is 0.469 e. The van der Waals surface area contributed by atoms with Gasteiger partial charge in [0.1, 0.15) is 0 Å². The Labute approximate surface area is 116 Å². The molecule has 0 radical (unpaired) electrons. The third-order valence-electron chi connectivity index (χ3n) is 3.25. The summed E-state index contributed by atoms with van der Waals surface area (Å²) in [6, 6.07) is 0. The number of hydrogen-bond donors (Lipinski definition) is 0. The van der Waals surface area contributed by atoms with E-state index in [9.17, 15) is 14.4 Å². The summed E-state index contributed by atoms with van der Waals surface area (Å²) in [4.78, 5) is 44.2. The number of carbonyl (C=O) groups excluding carboxylic acids is 3. The number of methoxy groups -OCH3 is 1. The lowest BCUT2D eigenvalue weighted by Crippen LogP contribution is -2.28. The minimum atomic E-state index is -0.496. The molecule has 0 bridgehead atoms. The number of aryl methyl sites for hydroxylation is 1. The Morgan fingerprint density at radius 1 is 1.45 bits per heavy atom. The van der Waals surface area contributed by atoms with Gasteiger partial charge >= 0.3 is 5.97 Å². The monoisotopic (exact) mass is 277 g/mol. The molecule has 1 unspecified atom stereocenters. The highest BCUT2D eigenvalue weighted by molar-refractivity contribution is 5.98. The standard InChI is InChI=1S/C13H15N3O4/c1-7-10(8(2)17)5-14-13(15-7)16-6-9(4-11(16)18)12(19)20-3/h5,9H,4,6H2,1-3H3. The van der Waals surface area contributed by atoms with Crippen molar-refractivity contribution in [1.82, 2.24) is 9.97 Å². The zero-order valence-corrected chi connectivity index (χ0v) is 11.5. The molecule has 7 nitrogen and oxygen atoms in total. The second-order valence-electron chi connectivity index (χ2n) is 4.65. The molecule has 2 heterocycles. The smallest absolute Gasteiger partial charge is 0.311 e. The topological polar surface area (TPSA) is 89.5 Å². The van der Waals surface area contributed by atoms with Crippen molar-refractivity contribution in [2.75, 3.05) is 18.6 Å². The summed E-state index contributed by atoms with van der Waals surface area (Å²) in [7, 11) is 1.29. The molecule has 1 fully saturated rings. The van der Waals surface area contributed by atoms with E-state index in [2.05, 4.69) is 14.7 Å². The summed E-state index contributed by atoms with van der Waals surface area (Å²) >= 11 is 0. The Morgan fingerprint density at radius 3 is 2.70 bits per heavy atom. The Morgan fingerprint density at radius 2 is 2.15 bits per heavy atom. The van der Waals surface area contributed by atoms with Gasteiger partial charge in [0.05, 0.1) is 24.3 Å². The number of amides is 1. The number of carbonyl (C=O) groups is 3. The van der Waals surface area contributed by atoms with Crippen LogP contribution in [0.25, 0.3) is 0 Å². The van der Waals surface area contributed by atoms with Crippen LogP contribution in [-0.4, -0.2) is 41.3 Å². The van der Waals surface area contributed by atoms with Gasteiger partial charge in [0.2, 0.25) is 11.9 Å². The predicted octanol–water partition coefficient (Wildman–Crippen LogP) is 0.514. The van der Waals surface area contributed by atoms with E-state index in [0.29, 0.717) is 11.3 Å². The number of ether oxygens (including phenoxy) is 1. The second kappa shape index (κ2) is 5.36. The Kier molecular flexibility index (Phi) is 3.78. The van der Waals surface area contributed by atoms with Crippen molar-refractivity contribution in [2.45, 2.75) is 20.3 Å². The van der Waals surface area contributed by atoms with Gasteiger partial charge in [0.15, 0.2) is 5.78 Å². The van der Waals surface area contributed by atoms with Crippen molar-refractivity contribution in [3.05, 3.63) is 17.5 Å². The van der Waals surface area contributed by atoms with Crippen LogP contribution in [0.15, 0.2) is 6.20 Å². The quantitative estimate of drug-likeness (QED) is 0.591. The molecule has 1 aliphatic rings. The van der Waals surface area contributed by atoms with Gasteiger partial charge in [0.25, 0.3) is 0 Å². The molecule has 7 heteroatoms. The normalized spacial score (nSPS) is 18.2. The lowest BCUT2D eigenvalue weighted by molar-refractivity contribution is -0.145. The first kappa shape index (κ1) is 14.1. The van der Waals surface area contributed by atoms with Crippen LogP contribution in [0, 0.1) is 12.8 Å². The van der Waals surface area contributed by atoms with Crippen molar-refractivity contribution < 1.29 is 19.1 Å². The van der Waals surface area contributed by atoms with Crippen LogP contribution in [-0.2, 0) is 14.3 Å². The predicted molar refractivity (Wildman–Crippen MR) is 69.2 cm³/mol. The van der Waals surface area contributed by atoms with E-state index >= 15 is 0 Å². The van der Waals surface area contributed by atoms with E-state index in [0.717, 1.165) is 0 Å². The molecular formula is C13H15N3O4. The van der Waals surface area contributed by atoms with Crippen LogP contribution in [0.1, 0.15) is 29.4 Å². The maximum absolute atomic E-state index is 11.9. The highest BCUT2D eigenvalue weighted by Gasteiger charge is 2.37. The fourth-order valence-electron chi connectivity index (χ4n) is 2.16. The number of Topliss-reactive ketones (excluding diaryl/α,β-unsaturated/α-hetero) is 1. The summed E-state index contributed by atoms with van der Waals surface area (Å²) in [5.74, 6) is -1.06. The zero-order valence-electron chi connectivity index (χ0n) is 11.5. The first-order chi connectivity index (χ1) is 9.43. The molecule has 1 aromatic heterocycles. The third-order valence-corrected chi connectivity index (χ3v) is 3.25. The number of rotatable bonds is 3. The van der Waals surface area contributed by atoms with Crippen molar-refractivity contribution in [2.24, 2.45) is 5.92 Å². The maximum Gasteiger partial charge on any atom is 0.311 e. The first-order valence-electron chi connectivity index (χ1n) is 6.16. The van der Waals surface area contributed by atoms with Crippen LogP contribution < -0.4 is 4.90 Å². The number of ketones is 1. The Hall–Kier alpha value is -2.31. The summed E-state index contributed by atoms with van der Waals surface area (Å²) < 4.78 is 4.64. The molecule has 20 heavy (non-hydrogen) atoms. The maximum atomic E-state index is 11.9. The summed E-state index contributed by atoms with van der Waals surface area (Å²) in [5.41, 5.74) is 0.932. The highest BCUT2D eigenvalue weighted by Crippen LogP contribution is 2.23. The van der Waals surface area contributed by atoms with E-state index in [1.54, 1.807) is 6.92 Å². The molecule has 1 atom stereocenters. The molecule has 1 amide bonds. The molecule has 0 aromatic carbocycles. The molecule has 0 N–H and O–H groups in total. The molecule has 0 saturated carbocycles. The van der Waals surface area contributed by atoms with Gasteiger partial charge < -0.3 is 4.74 Å². The number of nitrogens with zero attached hydrogens (tertiary/aromatic N) is 3. The Balaban J connectivity index is 2.24. The molecule has 0 aliphatic carbocycles. The van der Waals surface area contributed by atoms with E-state index in [4.69, 9.17) is 0 Å². The van der Waals surface area contributed by atoms with Crippen molar-refractivity contribution >= 4 is 23.6 Å². The zero-order chi connectivity index (χ0) is 14.9. The molecular weight excluding hydrogens is 262 g/mol. The molecule has 1 aliphatic heterocycles. The van der Waals surface area contributed by atoms with E-state index in [1.165, 1.54) is 25.1 Å². The van der Waals surface area contributed by atoms with Crippen LogP contribution >= 0.6 is 0 Å². The summed E-state index contributed by atoms with van der Waals surface area (Å²) in [6.45, 7) is 3.31. The van der Waals surface area contributed by atoms with Gasteiger partial charge in [-0.1, -0.05) is 0 Å². The number of hydrogen-bond acceptors (Lipinski definition) is 6. The third kappa shape index (κ3) is 2.52. The van der Waals surface area contributed by atoms with Crippen molar-refractivity contribution in [3.8, 4) is 0 Å². The van der Waals surface area contributed by atoms with Gasteiger partial charge in [0, 0.05) is 19.2 Å². The summed E-state index contributed by atoms with van der Waals surface area (Å²) in [5, 5.41) is 0. The van der Waals surface area contributed by atoms with E-state index in [1.807, 2.05) is 0 Å². The van der Waals surface area contributed by atoms with Gasteiger partial charge in [-0.25, -0.2) is 9.97 Å². The van der Waals surface area contributed by atoms with Gasteiger partial charge in [-0.15, -0.1) is 0 Å². The van der Waals surface area contributed by atoms with Gasteiger partial charge in [-0.3, -0.25) is 19.3 Å². The SMILES string of the molecule is COC(=O)C1CC(=O)N(c2ncc(C(C)=O)c(C)n2)C1. The van der Waals surface area contributed by atoms with E-state index < -0.39 is 11.9 Å². The minimum Gasteiger partial charge on any atom is -0.469 e. The summed E-state index contributed by atoms with van der Waals surface area (Å²) in [6.07, 6.45) is 1.49. The second-order valence-corrected chi connectivity index (χ2v) is 4.65. The van der Waals surface area contributed by atoms with Crippen LogP contribution in [0.5, 0.6) is 0 Å². The minimum absolute atomic E-state index is 0.0868. The molecule has 1 aromatic rings. The molecule has 0 spiro atoms. The van der Waals surface area contributed by atoms with Crippen LogP contribution in [0.4, 0.5) is 5.95 Å². The molecule has 106 valence electrons. The van der Waals surface area contributed by atoms with E-state index in [-0.39, 0.29) is 30.6 Å². The van der Waals surface area contributed by atoms with Crippen LogP contribution in [0.2, 0.25) is 0 Å². The van der Waals surface area contributed by atoms with Crippen molar-refractivity contribution in [1.29, 1.82) is 0 Å². The fourth-order valence-corrected chi connectivity index (χ4v) is 2.16.